The van der Waals surface area contributed by atoms with Crippen molar-refractivity contribution in [3.8, 4) is 5.69 Å². The Balaban J connectivity index is 1.54. The first-order valence-corrected chi connectivity index (χ1v) is 8.62. The Morgan fingerprint density at radius 1 is 1.38 bits per heavy atom. The minimum Gasteiger partial charge on any atom is -0.341 e. The highest BCUT2D eigenvalue weighted by Gasteiger charge is 2.21. The van der Waals surface area contributed by atoms with E-state index in [1.54, 1.807) is 4.68 Å². The first-order valence-electron chi connectivity index (χ1n) is 8.62. The maximum atomic E-state index is 12.3. The van der Waals surface area contributed by atoms with E-state index in [4.69, 9.17) is 0 Å². The first-order chi connectivity index (χ1) is 11.6. The van der Waals surface area contributed by atoms with E-state index >= 15 is 0 Å². The summed E-state index contributed by atoms with van der Waals surface area (Å²) in [4.78, 5) is 14.3. The molecule has 2 heterocycles. The summed E-state index contributed by atoms with van der Waals surface area (Å²) in [5.74, 6) is 0.773. The summed E-state index contributed by atoms with van der Waals surface area (Å²) in [6.45, 7) is 6.30. The lowest BCUT2D eigenvalue weighted by atomic mass is 10.0. The highest BCUT2D eigenvalue weighted by atomic mass is 16.2. The van der Waals surface area contributed by atoms with Gasteiger partial charge in [-0.1, -0.05) is 30.3 Å². The lowest BCUT2D eigenvalue weighted by molar-refractivity contribution is -0.132. The van der Waals surface area contributed by atoms with Crippen molar-refractivity contribution < 1.29 is 4.79 Å². The monoisotopic (exact) mass is 327 g/mol. The van der Waals surface area contributed by atoms with Crippen LogP contribution in [0.15, 0.2) is 36.5 Å². The standard InChI is InChI=1S/C18H25N5O/c1-14-7-6-10-22(12-14)18(24)11-19-15(2)17-13-23(21-20-17)16-8-4-3-5-9-16/h3-5,8-9,13-15,19H,6-7,10-12H2,1-2H3. The average Bonchev–Trinajstić information content (AvgIpc) is 3.10. The van der Waals surface area contributed by atoms with Crippen molar-refractivity contribution >= 4 is 5.91 Å². The molecule has 6 nitrogen and oxygen atoms in total. The van der Waals surface area contributed by atoms with Gasteiger partial charge < -0.3 is 10.2 Å². The molecule has 0 bridgehead atoms. The largest absolute Gasteiger partial charge is 0.341 e. The van der Waals surface area contributed by atoms with Gasteiger partial charge in [-0.25, -0.2) is 4.68 Å². The summed E-state index contributed by atoms with van der Waals surface area (Å²) in [6.07, 6.45) is 4.23. The Labute approximate surface area is 142 Å². The summed E-state index contributed by atoms with van der Waals surface area (Å²) in [5.41, 5.74) is 1.81. The van der Waals surface area contributed by atoms with Crippen LogP contribution in [0.25, 0.3) is 5.69 Å². The first kappa shape index (κ1) is 16.6. The van der Waals surface area contributed by atoms with E-state index in [0.717, 1.165) is 30.9 Å². The van der Waals surface area contributed by atoms with Crippen LogP contribution in [0.1, 0.15) is 38.4 Å². The Hall–Kier alpha value is -2.21. The summed E-state index contributed by atoms with van der Waals surface area (Å²) in [5, 5.41) is 11.7. The Bertz CT molecular complexity index is 669. The molecule has 1 amide bonds. The van der Waals surface area contributed by atoms with Crippen molar-refractivity contribution in [2.24, 2.45) is 5.92 Å². The number of hydrogen-bond acceptors (Lipinski definition) is 4. The van der Waals surface area contributed by atoms with Gasteiger partial charge in [-0.3, -0.25) is 4.79 Å². The fourth-order valence-corrected chi connectivity index (χ4v) is 3.05. The predicted molar refractivity (Wildman–Crippen MR) is 92.8 cm³/mol. The number of likely N-dealkylation sites (tertiary alicyclic amines) is 1. The van der Waals surface area contributed by atoms with Gasteiger partial charge in [0.15, 0.2) is 0 Å². The molecule has 1 aliphatic rings. The molecule has 1 fully saturated rings. The highest BCUT2D eigenvalue weighted by molar-refractivity contribution is 5.78. The van der Waals surface area contributed by atoms with Gasteiger partial charge in [0.2, 0.25) is 5.91 Å². The molecule has 1 aromatic carbocycles. The van der Waals surface area contributed by atoms with Crippen molar-refractivity contribution in [1.29, 1.82) is 0 Å². The molecular formula is C18H25N5O. The molecule has 6 heteroatoms. The predicted octanol–water partition coefficient (Wildman–Crippen LogP) is 2.18. The molecular weight excluding hydrogens is 302 g/mol. The molecule has 24 heavy (non-hydrogen) atoms. The van der Waals surface area contributed by atoms with E-state index in [0.29, 0.717) is 12.5 Å². The van der Waals surface area contributed by atoms with Gasteiger partial charge in [0, 0.05) is 13.1 Å². The topological polar surface area (TPSA) is 63.1 Å². The van der Waals surface area contributed by atoms with E-state index in [1.165, 1.54) is 6.42 Å². The van der Waals surface area contributed by atoms with Crippen LogP contribution in [0.2, 0.25) is 0 Å². The maximum absolute atomic E-state index is 12.3. The Morgan fingerprint density at radius 2 is 2.17 bits per heavy atom. The number of para-hydroxylation sites is 1. The molecule has 2 aromatic rings. The Kier molecular flexibility index (Phi) is 5.25. The zero-order valence-electron chi connectivity index (χ0n) is 14.4. The molecule has 1 aliphatic heterocycles. The van der Waals surface area contributed by atoms with Crippen molar-refractivity contribution in [3.05, 3.63) is 42.2 Å². The highest BCUT2D eigenvalue weighted by Crippen LogP contribution is 2.16. The fraction of sp³-hybridized carbons (Fsp3) is 0.500. The van der Waals surface area contributed by atoms with E-state index in [1.807, 2.05) is 48.4 Å². The number of nitrogens with zero attached hydrogens (tertiary/aromatic N) is 4. The van der Waals surface area contributed by atoms with E-state index in [2.05, 4.69) is 22.6 Å². The van der Waals surface area contributed by atoms with Gasteiger partial charge in [0.25, 0.3) is 0 Å². The van der Waals surface area contributed by atoms with E-state index in [-0.39, 0.29) is 11.9 Å². The molecule has 2 atom stereocenters. The SMILES string of the molecule is CC1CCCN(C(=O)CNC(C)c2cn(-c3ccccc3)nn2)C1. The second-order valence-electron chi connectivity index (χ2n) is 6.61. The third kappa shape index (κ3) is 4.00. The average molecular weight is 327 g/mol. The van der Waals surface area contributed by atoms with Gasteiger partial charge in [-0.2, -0.15) is 0 Å². The third-order valence-corrected chi connectivity index (χ3v) is 4.54. The second-order valence-corrected chi connectivity index (χ2v) is 6.61. The van der Waals surface area contributed by atoms with E-state index < -0.39 is 0 Å². The van der Waals surface area contributed by atoms with Gasteiger partial charge in [-0.15, -0.1) is 5.10 Å². The summed E-state index contributed by atoms with van der Waals surface area (Å²) in [6, 6.07) is 9.86. The molecule has 1 N–H and O–H groups in total. The van der Waals surface area contributed by atoms with Crippen molar-refractivity contribution in [2.75, 3.05) is 19.6 Å². The van der Waals surface area contributed by atoms with Crippen LogP contribution in [0.3, 0.4) is 0 Å². The van der Waals surface area contributed by atoms with E-state index in [9.17, 15) is 4.79 Å². The minimum atomic E-state index is -0.0198. The number of rotatable bonds is 5. The Morgan fingerprint density at radius 3 is 2.92 bits per heavy atom. The number of hydrogen-bond donors (Lipinski definition) is 1. The minimum absolute atomic E-state index is 0.0198. The second kappa shape index (κ2) is 7.57. The quantitative estimate of drug-likeness (QED) is 0.914. The van der Waals surface area contributed by atoms with Crippen molar-refractivity contribution in [2.45, 2.75) is 32.7 Å². The molecule has 1 aromatic heterocycles. The van der Waals surface area contributed by atoms with Gasteiger partial charge in [0.1, 0.15) is 0 Å². The van der Waals surface area contributed by atoms with Crippen LogP contribution in [0, 0.1) is 5.92 Å². The molecule has 0 aliphatic carbocycles. The smallest absolute Gasteiger partial charge is 0.236 e. The number of piperidine rings is 1. The molecule has 0 radical (unpaired) electrons. The lowest BCUT2D eigenvalue weighted by Gasteiger charge is -2.31. The molecule has 0 spiro atoms. The van der Waals surface area contributed by atoms with Gasteiger partial charge in [-0.05, 0) is 37.8 Å². The lowest BCUT2D eigenvalue weighted by Crippen LogP contribution is -2.43. The zero-order chi connectivity index (χ0) is 16.9. The number of amides is 1. The molecule has 128 valence electrons. The number of nitrogens with one attached hydrogen (secondary N) is 1. The molecule has 2 unspecified atom stereocenters. The normalized spacial score (nSPS) is 19.2. The summed E-state index contributed by atoms with van der Waals surface area (Å²) in [7, 11) is 0. The van der Waals surface area contributed by atoms with Gasteiger partial charge >= 0.3 is 0 Å². The third-order valence-electron chi connectivity index (χ3n) is 4.54. The molecule has 3 rings (SSSR count). The van der Waals surface area contributed by atoms with Crippen LogP contribution in [-0.4, -0.2) is 45.4 Å². The van der Waals surface area contributed by atoms with Gasteiger partial charge in [0.05, 0.1) is 30.2 Å². The number of carbonyl (C=O) groups is 1. The maximum Gasteiger partial charge on any atom is 0.236 e. The number of benzene rings is 1. The van der Waals surface area contributed by atoms with Crippen LogP contribution in [-0.2, 0) is 4.79 Å². The summed E-state index contributed by atoms with van der Waals surface area (Å²) < 4.78 is 1.75. The van der Waals surface area contributed by atoms with Crippen LogP contribution in [0.4, 0.5) is 0 Å². The van der Waals surface area contributed by atoms with Crippen LogP contribution in [0.5, 0.6) is 0 Å². The number of carbonyl (C=O) groups excluding carboxylic acids is 1. The summed E-state index contributed by atoms with van der Waals surface area (Å²) >= 11 is 0. The number of aromatic nitrogens is 3. The van der Waals surface area contributed by atoms with Crippen LogP contribution < -0.4 is 5.32 Å². The zero-order valence-corrected chi connectivity index (χ0v) is 14.4. The van der Waals surface area contributed by atoms with Crippen molar-refractivity contribution in [1.82, 2.24) is 25.2 Å². The molecule has 0 saturated carbocycles. The molecule has 1 saturated heterocycles. The van der Waals surface area contributed by atoms with Crippen LogP contribution >= 0.6 is 0 Å². The fourth-order valence-electron chi connectivity index (χ4n) is 3.05. The van der Waals surface area contributed by atoms with Crippen molar-refractivity contribution in [3.63, 3.8) is 0 Å².